The number of pyridine rings is 1. The third kappa shape index (κ3) is 5.62. The molecule has 1 saturated carbocycles. The summed E-state index contributed by atoms with van der Waals surface area (Å²) in [5.41, 5.74) is 3.39. The summed E-state index contributed by atoms with van der Waals surface area (Å²) in [5, 5.41) is 6.37. The maximum atomic E-state index is 13.3. The molecule has 11 nitrogen and oxygen atoms in total. The summed E-state index contributed by atoms with van der Waals surface area (Å²) < 4.78 is 13.2. The van der Waals surface area contributed by atoms with E-state index in [4.69, 9.17) is 14.5 Å². The van der Waals surface area contributed by atoms with Crippen LogP contribution >= 0.6 is 0 Å². The van der Waals surface area contributed by atoms with Crippen LogP contribution in [0.5, 0.6) is 11.5 Å². The van der Waals surface area contributed by atoms with Crippen LogP contribution in [0.4, 0.5) is 11.6 Å². The molecule has 1 saturated heterocycles. The van der Waals surface area contributed by atoms with E-state index in [9.17, 15) is 9.59 Å². The number of hydrogen-bond acceptors (Lipinski definition) is 8. The molecular formula is C30H35N7O4. The summed E-state index contributed by atoms with van der Waals surface area (Å²) in [6.45, 7) is 2.44. The van der Waals surface area contributed by atoms with Gasteiger partial charge in [-0.3, -0.25) is 9.59 Å². The molecule has 11 heteroatoms. The molecule has 0 atom stereocenters. The number of hydrogen-bond donors (Lipinski definition) is 3. The fourth-order valence-electron chi connectivity index (χ4n) is 5.17. The van der Waals surface area contributed by atoms with Gasteiger partial charge in [-0.2, -0.15) is 0 Å². The van der Waals surface area contributed by atoms with E-state index < -0.39 is 0 Å². The number of aryl methyl sites for hydroxylation is 1. The Labute approximate surface area is 237 Å². The topological polar surface area (TPSA) is 126 Å². The Balaban J connectivity index is 1.31. The Kier molecular flexibility index (Phi) is 7.36. The Morgan fingerprint density at radius 2 is 1.95 bits per heavy atom. The Morgan fingerprint density at radius 1 is 1.15 bits per heavy atom. The van der Waals surface area contributed by atoms with E-state index in [0.29, 0.717) is 52.1 Å². The lowest BCUT2D eigenvalue weighted by Crippen LogP contribution is -2.43. The minimum atomic E-state index is -0.233. The van der Waals surface area contributed by atoms with E-state index in [1.807, 2.05) is 12.1 Å². The molecule has 4 aromatic rings. The zero-order valence-electron chi connectivity index (χ0n) is 23.6. The fourth-order valence-corrected chi connectivity index (χ4v) is 5.17. The zero-order valence-corrected chi connectivity index (χ0v) is 23.6. The third-order valence-corrected chi connectivity index (χ3v) is 7.89. The van der Waals surface area contributed by atoms with Crippen LogP contribution in [-0.4, -0.2) is 70.2 Å². The number of nitrogens with one attached hydrogen (secondary N) is 3. The lowest BCUT2D eigenvalue weighted by Gasteiger charge is -2.29. The summed E-state index contributed by atoms with van der Waals surface area (Å²) in [6.07, 6.45) is 7.52. The van der Waals surface area contributed by atoms with Gasteiger partial charge in [0.05, 0.1) is 42.4 Å². The Hall–Kier alpha value is -4.38. The number of anilines is 2. The number of aromatic amines is 1. The van der Waals surface area contributed by atoms with Gasteiger partial charge < -0.3 is 34.6 Å². The SMILES string of the molecule is COc1cc(C(=O)NC2CCN(C)CC2)ccc1Nc1ncc2c(n1)c(-c1ccc[nH]1)c(OCC1CC1)c(=O)n2C. The molecule has 4 heterocycles. The number of fused-ring (bicyclic) bond motifs is 1. The maximum Gasteiger partial charge on any atom is 0.293 e. The van der Waals surface area contributed by atoms with Gasteiger partial charge in [-0.15, -0.1) is 0 Å². The van der Waals surface area contributed by atoms with Crippen molar-refractivity contribution in [3.8, 4) is 22.8 Å². The molecule has 1 aliphatic carbocycles. The van der Waals surface area contributed by atoms with Crippen LogP contribution in [0.25, 0.3) is 22.3 Å². The number of likely N-dealkylation sites (tertiary alicyclic amines) is 1. The second kappa shape index (κ2) is 11.2. The molecule has 3 aromatic heterocycles. The number of amides is 1. The van der Waals surface area contributed by atoms with Gasteiger partial charge in [-0.1, -0.05) is 0 Å². The normalized spacial score (nSPS) is 16.1. The van der Waals surface area contributed by atoms with Crippen molar-refractivity contribution < 1.29 is 14.3 Å². The Morgan fingerprint density at radius 3 is 2.66 bits per heavy atom. The average molecular weight is 558 g/mol. The van der Waals surface area contributed by atoms with E-state index in [1.54, 1.807) is 44.8 Å². The number of methoxy groups -OCH3 is 1. The van der Waals surface area contributed by atoms with E-state index in [0.717, 1.165) is 44.5 Å². The molecule has 1 aromatic carbocycles. The standard InChI is InChI=1S/C30H35N7O4/c1-36-13-10-20(11-14-36)33-28(38)19-8-9-21(24(15-19)40-3)34-30-32-16-23-26(35-30)25(22-5-4-12-31-22)27(29(39)37(23)2)41-17-18-6-7-18/h4-5,8-9,12,15-16,18,20,31H,6-7,10-11,13-14,17H2,1-3H3,(H,33,38)(H,32,34,35). The number of aromatic nitrogens is 4. The Bertz CT molecular complexity index is 1620. The monoisotopic (exact) mass is 557 g/mol. The lowest BCUT2D eigenvalue weighted by molar-refractivity contribution is 0.0916. The first-order chi connectivity index (χ1) is 19.9. The van der Waals surface area contributed by atoms with Crippen LogP contribution in [0.2, 0.25) is 0 Å². The van der Waals surface area contributed by atoms with Gasteiger partial charge >= 0.3 is 0 Å². The van der Waals surface area contributed by atoms with Crippen molar-refractivity contribution in [3.05, 3.63) is 58.6 Å². The predicted molar refractivity (Wildman–Crippen MR) is 157 cm³/mol. The smallest absolute Gasteiger partial charge is 0.293 e. The van der Waals surface area contributed by atoms with Crippen LogP contribution in [-0.2, 0) is 7.05 Å². The average Bonchev–Trinajstić information content (AvgIpc) is 3.66. The number of rotatable bonds is 9. The number of nitrogens with zero attached hydrogens (tertiary/aromatic N) is 4. The number of H-pyrrole nitrogens is 1. The second-order valence-electron chi connectivity index (χ2n) is 10.9. The molecule has 214 valence electrons. The highest BCUT2D eigenvalue weighted by atomic mass is 16.5. The molecule has 0 unspecified atom stereocenters. The zero-order chi connectivity index (χ0) is 28.5. The molecule has 41 heavy (non-hydrogen) atoms. The van der Waals surface area contributed by atoms with Crippen molar-refractivity contribution in [1.82, 2.24) is 29.7 Å². The van der Waals surface area contributed by atoms with E-state index in [2.05, 4.69) is 32.5 Å². The van der Waals surface area contributed by atoms with Crippen LogP contribution < -0.4 is 25.7 Å². The molecule has 0 radical (unpaired) electrons. The van der Waals surface area contributed by atoms with Gasteiger partial charge in [0.15, 0.2) is 5.75 Å². The minimum Gasteiger partial charge on any atom is -0.495 e. The number of carbonyl (C=O) groups is 1. The first-order valence-corrected chi connectivity index (χ1v) is 14.0. The van der Waals surface area contributed by atoms with Crippen molar-refractivity contribution in [3.63, 3.8) is 0 Å². The first-order valence-electron chi connectivity index (χ1n) is 14.0. The summed E-state index contributed by atoms with van der Waals surface area (Å²) in [7, 11) is 5.35. The predicted octanol–water partition coefficient (Wildman–Crippen LogP) is 3.69. The van der Waals surface area contributed by atoms with E-state index in [-0.39, 0.29) is 23.3 Å². The summed E-state index contributed by atoms with van der Waals surface area (Å²) >= 11 is 0. The maximum absolute atomic E-state index is 13.3. The second-order valence-corrected chi connectivity index (χ2v) is 10.9. The van der Waals surface area contributed by atoms with Gasteiger partial charge in [0.25, 0.3) is 11.5 Å². The van der Waals surface area contributed by atoms with Crippen LogP contribution in [0.15, 0.2) is 47.5 Å². The van der Waals surface area contributed by atoms with Crippen molar-refractivity contribution in [2.75, 3.05) is 39.2 Å². The van der Waals surface area contributed by atoms with Gasteiger partial charge in [-0.25, -0.2) is 9.97 Å². The molecule has 0 bridgehead atoms. The number of piperidine rings is 1. The van der Waals surface area contributed by atoms with Crippen LogP contribution in [0.1, 0.15) is 36.0 Å². The highest BCUT2D eigenvalue weighted by Gasteiger charge is 2.26. The van der Waals surface area contributed by atoms with Crippen LogP contribution in [0, 0.1) is 5.92 Å². The fraction of sp³-hybridized carbons (Fsp3) is 0.400. The summed E-state index contributed by atoms with van der Waals surface area (Å²) in [4.78, 5) is 41.1. The quantitative estimate of drug-likeness (QED) is 0.285. The molecule has 2 fully saturated rings. The molecule has 2 aliphatic rings. The number of benzene rings is 1. The highest BCUT2D eigenvalue weighted by molar-refractivity contribution is 5.96. The van der Waals surface area contributed by atoms with Gasteiger partial charge in [0.1, 0.15) is 11.3 Å². The van der Waals surface area contributed by atoms with Gasteiger partial charge in [-0.05, 0) is 82.1 Å². The first kappa shape index (κ1) is 26.8. The number of carbonyl (C=O) groups excluding carboxylic acids is 1. The van der Waals surface area contributed by atoms with Crippen molar-refractivity contribution in [1.29, 1.82) is 0 Å². The summed E-state index contributed by atoms with van der Waals surface area (Å²) in [5.74, 6) is 1.44. The van der Waals surface area contributed by atoms with Crippen molar-refractivity contribution in [2.45, 2.75) is 31.7 Å². The van der Waals surface area contributed by atoms with E-state index >= 15 is 0 Å². The van der Waals surface area contributed by atoms with Crippen LogP contribution in [0.3, 0.4) is 0 Å². The van der Waals surface area contributed by atoms with Crippen molar-refractivity contribution >= 4 is 28.6 Å². The number of ether oxygens (including phenoxy) is 2. The van der Waals surface area contributed by atoms with Gasteiger partial charge in [0, 0.05) is 24.8 Å². The van der Waals surface area contributed by atoms with Crippen molar-refractivity contribution in [2.24, 2.45) is 13.0 Å². The molecule has 1 amide bonds. The highest BCUT2D eigenvalue weighted by Crippen LogP contribution is 2.36. The molecule has 3 N–H and O–H groups in total. The summed E-state index contributed by atoms with van der Waals surface area (Å²) in [6, 6.07) is 9.19. The molecule has 6 rings (SSSR count). The lowest BCUT2D eigenvalue weighted by atomic mass is 10.0. The molecular weight excluding hydrogens is 522 g/mol. The van der Waals surface area contributed by atoms with Gasteiger partial charge in [0.2, 0.25) is 5.95 Å². The third-order valence-electron chi connectivity index (χ3n) is 7.89. The molecule has 0 spiro atoms. The van der Waals surface area contributed by atoms with E-state index in [1.165, 1.54) is 4.57 Å². The largest absolute Gasteiger partial charge is 0.495 e. The molecule has 1 aliphatic heterocycles. The minimum absolute atomic E-state index is 0.124.